The number of likely N-dealkylation sites (tertiary alicyclic amines) is 1. The Labute approximate surface area is 254 Å². The summed E-state index contributed by atoms with van der Waals surface area (Å²) in [5, 5.41) is 18.4. The van der Waals surface area contributed by atoms with E-state index in [9.17, 15) is 14.4 Å². The van der Waals surface area contributed by atoms with Gasteiger partial charge in [0.15, 0.2) is 11.0 Å². The van der Waals surface area contributed by atoms with Crippen molar-refractivity contribution in [1.82, 2.24) is 25.8 Å². The molecule has 1 aromatic heterocycles. The molecule has 1 saturated heterocycles. The fraction of sp³-hybridized carbons (Fsp3) is 0.344. The van der Waals surface area contributed by atoms with Gasteiger partial charge < -0.3 is 16.4 Å². The van der Waals surface area contributed by atoms with Crippen LogP contribution < -0.4 is 21.7 Å². The van der Waals surface area contributed by atoms with E-state index < -0.39 is 29.9 Å². The van der Waals surface area contributed by atoms with Crippen LogP contribution in [0.25, 0.3) is 21.0 Å². The molecule has 0 saturated carbocycles. The predicted octanol–water partition coefficient (Wildman–Crippen LogP) is 3.20. The number of amides is 2. The van der Waals surface area contributed by atoms with Crippen molar-refractivity contribution in [1.29, 1.82) is 5.41 Å². The van der Waals surface area contributed by atoms with Gasteiger partial charge in [-0.15, -0.1) is 11.3 Å². The van der Waals surface area contributed by atoms with Crippen LogP contribution >= 0.6 is 11.3 Å². The molecule has 4 aromatic rings. The van der Waals surface area contributed by atoms with Crippen LogP contribution in [0.5, 0.6) is 0 Å². The molecule has 6 N–H and O–H groups in total. The highest BCUT2D eigenvalue weighted by atomic mass is 32.1. The maximum Gasteiger partial charge on any atom is 0.244 e. The van der Waals surface area contributed by atoms with Crippen molar-refractivity contribution >= 4 is 55.9 Å². The number of imide groups is 1. The summed E-state index contributed by atoms with van der Waals surface area (Å²) in [6.07, 6.45) is 2.72. The molecule has 224 valence electrons. The smallest absolute Gasteiger partial charge is 0.244 e. The van der Waals surface area contributed by atoms with Crippen molar-refractivity contribution in [2.45, 2.75) is 50.2 Å². The van der Waals surface area contributed by atoms with Gasteiger partial charge in [-0.2, -0.15) is 0 Å². The topological polar surface area (TPSA) is 153 Å². The van der Waals surface area contributed by atoms with E-state index in [1.807, 2.05) is 71.6 Å². The zero-order valence-electron chi connectivity index (χ0n) is 24.1. The third kappa shape index (κ3) is 7.07. The number of Topliss-reactive ketones (excluding diaryl/α,β-unsaturated/α-hetero) is 1. The van der Waals surface area contributed by atoms with Crippen LogP contribution in [0.4, 0.5) is 0 Å². The minimum atomic E-state index is -0.622. The van der Waals surface area contributed by atoms with Gasteiger partial charge in [-0.3, -0.25) is 30.0 Å². The lowest BCUT2D eigenvalue weighted by Crippen LogP contribution is -2.54. The predicted molar refractivity (Wildman–Crippen MR) is 170 cm³/mol. The minimum Gasteiger partial charge on any atom is -0.370 e. The van der Waals surface area contributed by atoms with Gasteiger partial charge in [0.2, 0.25) is 17.6 Å². The molecule has 2 heterocycles. The SMILES string of the molecule is CN[C@H](Cc1ccccc1)C(=O)NC(=O)[C@@H]1CCCN1[C@@H](CCCNC(=N)N)C(=O)c1nc2ccc3ccccc3c2s1. The lowest BCUT2D eigenvalue weighted by Gasteiger charge is -2.31. The molecule has 0 unspecified atom stereocenters. The number of carbonyl (C=O) groups is 3. The van der Waals surface area contributed by atoms with Gasteiger partial charge in [-0.25, -0.2) is 4.98 Å². The number of thiazole rings is 1. The fourth-order valence-corrected chi connectivity index (χ4v) is 6.87. The molecule has 1 aliphatic heterocycles. The third-order valence-corrected chi connectivity index (χ3v) is 9.07. The monoisotopic (exact) mass is 599 g/mol. The number of fused-ring (bicyclic) bond motifs is 3. The summed E-state index contributed by atoms with van der Waals surface area (Å²) in [6, 6.07) is 19.8. The normalized spacial score (nSPS) is 16.6. The first-order chi connectivity index (χ1) is 20.9. The van der Waals surface area contributed by atoms with E-state index in [1.165, 1.54) is 11.3 Å². The van der Waals surface area contributed by atoms with Gasteiger partial charge in [0.05, 0.1) is 28.3 Å². The molecule has 2 amide bonds. The number of aromatic nitrogens is 1. The Balaban J connectivity index is 1.36. The average Bonchev–Trinajstić information content (AvgIpc) is 3.68. The maximum absolute atomic E-state index is 14.1. The van der Waals surface area contributed by atoms with Crippen LogP contribution in [0.1, 0.15) is 41.0 Å². The van der Waals surface area contributed by atoms with E-state index in [0.717, 1.165) is 33.0 Å². The molecule has 5 rings (SSSR count). The van der Waals surface area contributed by atoms with Gasteiger partial charge in [0.25, 0.3) is 0 Å². The van der Waals surface area contributed by atoms with E-state index in [2.05, 4.69) is 16.0 Å². The molecule has 0 spiro atoms. The largest absolute Gasteiger partial charge is 0.370 e. The number of hydrogen-bond donors (Lipinski definition) is 5. The molecule has 3 aromatic carbocycles. The number of nitrogens with two attached hydrogens (primary N) is 1. The van der Waals surface area contributed by atoms with Crippen molar-refractivity contribution < 1.29 is 14.4 Å². The highest BCUT2D eigenvalue weighted by Crippen LogP contribution is 2.33. The molecular formula is C32H37N7O3S. The highest BCUT2D eigenvalue weighted by molar-refractivity contribution is 7.21. The second kappa shape index (κ2) is 13.9. The Hall–Kier alpha value is -4.19. The molecule has 43 heavy (non-hydrogen) atoms. The number of nitrogens with one attached hydrogen (secondary N) is 4. The van der Waals surface area contributed by atoms with E-state index >= 15 is 0 Å². The van der Waals surface area contributed by atoms with Gasteiger partial charge in [0.1, 0.15) is 0 Å². The van der Waals surface area contributed by atoms with Gasteiger partial charge in [0, 0.05) is 11.9 Å². The summed E-state index contributed by atoms with van der Waals surface area (Å²) < 4.78 is 0.955. The number of guanidine groups is 1. The molecule has 1 aliphatic rings. The Bertz CT molecular complexity index is 1620. The van der Waals surface area contributed by atoms with Crippen LogP contribution in [-0.2, 0) is 16.0 Å². The van der Waals surface area contributed by atoms with Crippen molar-refractivity contribution in [3.63, 3.8) is 0 Å². The van der Waals surface area contributed by atoms with Crippen LogP contribution in [-0.4, -0.2) is 71.7 Å². The quantitative estimate of drug-likeness (QED) is 0.0720. The summed E-state index contributed by atoms with van der Waals surface area (Å²) >= 11 is 1.37. The van der Waals surface area contributed by atoms with Crippen LogP contribution in [0.3, 0.4) is 0 Å². The second-order valence-corrected chi connectivity index (χ2v) is 11.8. The molecule has 0 bridgehead atoms. The first-order valence-corrected chi connectivity index (χ1v) is 15.4. The number of likely N-dealkylation sites (N-methyl/N-ethyl adjacent to an activating group) is 1. The molecule has 0 aliphatic carbocycles. The molecule has 3 atom stereocenters. The van der Waals surface area contributed by atoms with E-state index in [4.69, 9.17) is 16.1 Å². The summed E-state index contributed by atoms with van der Waals surface area (Å²) in [6.45, 7) is 0.978. The minimum absolute atomic E-state index is 0.132. The van der Waals surface area contributed by atoms with Gasteiger partial charge in [-0.05, 0) is 62.7 Å². The summed E-state index contributed by atoms with van der Waals surface area (Å²) in [7, 11) is 1.70. The lowest BCUT2D eigenvalue weighted by atomic mass is 10.0. The van der Waals surface area contributed by atoms with Crippen LogP contribution in [0.2, 0.25) is 0 Å². The van der Waals surface area contributed by atoms with Crippen molar-refractivity contribution in [3.05, 3.63) is 77.3 Å². The molecular weight excluding hydrogens is 562 g/mol. The van der Waals surface area contributed by atoms with Crippen molar-refractivity contribution in [2.75, 3.05) is 20.1 Å². The summed E-state index contributed by atoms with van der Waals surface area (Å²) in [5.74, 6) is -1.07. The Morgan fingerprint density at radius 3 is 2.63 bits per heavy atom. The highest BCUT2D eigenvalue weighted by Gasteiger charge is 2.40. The van der Waals surface area contributed by atoms with Crippen molar-refractivity contribution in [2.24, 2.45) is 5.73 Å². The zero-order chi connectivity index (χ0) is 30.3. The van der Waals surface area contributed by atoms with Crippen LogP contribution in [0, 0.1) is 5.41 Å². The first kappa shape index (κ1) is 30.3. The average molecular weight is 600 g/mol. The standard InChI is InChI=1S/C32H37N7O3S/c1-35-24(19-20-9-3-2-4-10-20)29(41)38-30(42)26-14-8-18-39(26)25(13-7-17-36-32(33)34)27(40)31-37-23-16-15-21-11-5-6-12-22(21)28(23)43-31/h2-6,9-12,15-16,24-26,35H,7-8,13-14,17-19H2,1H3,(H4,33,34,36)(H,38,41,42)/t24-,25+,26+/m1/s1. The number of rotatable bonds is 12. The number of carbonyl (C=O) groups excluding carboxylic acids is 3. The third-order valence-electron chi connectivity index (χ3n) is 7.95. The zero-order valence-corrected chi connectivity index (χ0v) is 25.0. The number of ketones is 1. The molecule has 1 fully saturated rings. The van der Waals surface area contributed by atoms with Gasteiger partial charge in [-0.1, -0.05) is 60.7 Å². The van der Waals surface area contributed by atoms with Crippen molar-refractivity contribution in [3.8, 4) is 0 Å². The van der Waals surface area contributed by atoms with E-state index in [-0.39, 0.29) is 11.7 Å². The molecule has 0 radical (unpaired) electrons. The van der Waals surface area contributed by atoms with Gasteiger partial charge >= 0.3 is 0 Å². The lowest BCUT2D eigenvalue weighted by molar-refractivity contribution is -0.134. The Kier molecular flexibility index (Phi) is 9.75. The number of hydrogen-bond acceptors (Lipinski definition) is 8. The second-order valence-electron chi connectivity index (χ2n) is 10.8. The fourth-order valence-electron chi connectivity index (χ4n) is 5.78. The van der Waals surface area contributed by atoms with E-state index in [1.54, 1.807) is 7.05 Å². The molecule has 11 heteroatoms. The number of nitrogens with zero attached hydrogens (tertiary/aromatic N) is 2. The van der Waals surface area contributed by atoms with E-state index in [0.29, 0.717) is 43.8 Å². The first-order valence-electron chi connectivity index (χ1n) is 14.6. The Morgan fingerprint density at radius 2 is 1.86 bits per heavy atom. The van der Waals surface area contributed by atoms with Crippen LogP contribution in [0.15, 0.2) is 66.7 Å². The summed E-state index contributed by atoms with van der Waals surface area (Å²) in [4.78, 5) is 47.4. The molecule has 10 nitrogen and oxygen atoms in total. The Morgan fingerprint density at radius 1 is 1.09 bits per heavy atom. The maximum atomic E-state index is 14.1. The number of benzene rings is 3. The summed E-state index contributed by atoms with van der Waals surface area (Å²) in [5.41, 5.74) is 7.21.